The summed E-state index contributed by atoms with van der Waals surface area (Å²) in [6.45, 7) is 1.23. The number of carboxylic acid groups (broad SMARTS) is 1. The molecule has 1 aromatic carbocycles. The molecular weight excluding hydrogens is 604 g/mol. The molecule has 1 unspecified atom stereocenters. The zero-order valence-corrected chi connectivity index (χ0v) is 21.1. The van der Waals surface area contributed by atoms with Crippen molar-refractivity contribution < 1.29 is 96.7 Å². The Morgan fingerprint density at radius 2 is 1.60 bits per heavy atom. The highest BCUT2D eigenvalue weighted by molar-refractivity contribution is 5.96. The van der Waals surface area contributed by atoms with E-state index in [0.29, 0.717) is 12.1 Å². The van der Waals surface area contributed by atoms with Crippen LogP contribution in [0.4, 0.5) is 26.3 Å². The zero-order chi connectivity index (χ0) is 32.9. The van der Waals surface area contributed by atoms with Crippen molar-refractivity contribution in [2.45, 2.75) is 43.2 Å². The summed E-state index contributed by atoms with van der Waals surface area (Å²) < 4.78 is 90.6. The van der Waals surface area contributed by atoms with Crippen LogP contribution in [-0.4, -0.2) is 92.8 Å². The molecule has 0 bridgehead atoms. The summed E-state index contributed by atoms with van der Waals surface area (Å²) in [7, 11) is 0. The molecule has 0 radical (unpaired) electrons. The lowest BCUT2D eigenvalue weighted by atomic mass is 9.94. The second-order valence-corrected chi connectivity index (χ2v) is 7.66. The molecule has 42 heavy (non-hydrogen) atoms. The van der Waals surface area contributed by atoms with Crippen molar-refractivity contribution in [3.05, 3.63) is 28.8 Å². The number of hydrogen-bond donors (Lipinski definition) is 10. The standard InChI is InChI=1S/C15H13F6NO10.C4H9N.CH2O2.H4NO/c16-13(17,18)10-7(11(23)29-4-30-22)2-5-1-6(32-15(19,20)21)3-8(9(5)31-10)12(24,25)14(26,27)28;1-2-4-5-3-1;2-1-3;1-2/h1-3,10,24-28H,4,22H2;5H,1-4H2;1H,(H,2,3);2H,1H3/q;;;+1. The first-order valence-electron chi connectivity index (χ1n) is 10.9. The van der Waals surface area contributed by atoms with Gasteiger partial charge in [0.05, 0.1) is 11.1 Å². The number of hydrogen-bond acceptors (Lipinski definition) is 14. The Morgan fingerprint density at radius 1 is 1.07 bits per heavy atom. The van der Waals surface area contributed by atoms with E-state index in [1.165, 1.54) is 25.9 Å². The average Bonchev–Trinajstić information content (AvgIpc) is 3.46. The molecule has 0 saturated carbocycles. The smallest absolute Gasteiger partial charge is 0.483 e. The summed E-state index contributed by atoms with van der Waals surface area (Å²) in [6.07, 6.45) is -10.9. The van der Waals surface area contributed by atoms with Crippen molar-refractivity contribution in [3.63, 3.8) is 0 Å². The maximum Gasteiger partial charge on any atom is 0.573 e. The van der Waals surface area contributed by atoms with Gasteiger partial charge >= 0.3 is 24.5 Å². The van der Waals surface area contributed by atoms with E-state index < -0.39 is 71.4 Å². The van der Waals surface area contributed by atoms with Crippen LogP contribution in [0.5, 0.6) is 11.5 Å². The molecule has 1 fully saturated rings. The van der Waals surface area contributed by atoms with Gasteiger partial charge in [-0.1, -0.05) is 0 Å². The van der Waals surface area contributed by atoms with Gasteiger partial charge in [0.1, 0.15) is 11.5 Å². The summed E-state index contributed by atoms with van der Waals surface area (Å²) in [5.41, 5.74) is -3.79. The Kier molecular flexibility index (Phi) is 15.1. The minimum atomic E-state index is -5.40. The molecule has 1 aromatic rings. The number of carbonyl (C=O) groups is 2. The minimum absolute atomic E-state index is 0.0105. The van der Waals surface area contributed by atoms with Crippen LogP contribution >= 0.6 is 0 Å². The normalized spacial score (nSPS) is 16.4. The van der Waals surface area contributed by atoms with Crippen LogP contribution in [0.3, 0.4) is 0 Å². The van der Waals surface area contributed by atoms with E-state index in [0.717, 1.165) is 0 Å². The number of nitrogens with one attached hydrogen (secondary N) is 1. The number of carbonyl (C=O) groups excluding carboxylic acids is 1. The summed E-state index contributed by atoms with van der Waals surface area (Å²) in [4.78, 5) is 24.2. The fourth-order valence-corrected chi connectivity index (χ4v) is 3.12. The molecule has 0 aliphatic carbocycles. The molecule has 13 N–H and O–H groups in total. The quantitative estimate of drug-likeness (QED) is 0.0541. The van der Waals surface area contributed by atoms with Crippen LogP contribution in [0.1, 0.15) is 24.0 Å². The predicted molar refractivity (Wildman–Crippen MR) is 119 cm³/mol. The topological polar surface area (TPSA) is 278 Å². The summed E-state index contributed by atoms with van der Waals surface area (Å²) in [5, 5.41) is 64.0. The monoisotopic (exact) mass is 632 g/mol. The van der Waals surface area contributed by atoms with Gasteiger partial charge in [0.15, 0.2) is 0 Å². The molecule has 2 aliphatic heterocycles. The molecule has 3 rings (SSSR count). The highest BCUT2D eigenvalue weighted by Gasteiger charge is 2.54. The van der Waals surface area contributed by atoms with Gasteiger partial charge in [0.25, 0.3) is 12.3 Å². The first kappa shape index (κ1) is 38.7. The number of halogens is 6. The number of ether oxygens (including phenoxy) is 3. The molecule has 22 heteroatoms. The van der Waals surface area contributed by atoms with Crippen molar-refractivity contribution >= 4 is 18.5 Å². The van der Waals surface area contributed by atoms with Gasteiger partial charge < -0.3 is 50.2 Å². The van der Waals surface area contributed by atoms with Crippen LogP contribution in [0.2, 0.25) is 0 Å². The first-order chi connectivity index (χ1) is 19.3. The fourth-order valence-electron chi connectivity index (χ4n) is 3.12. The van der Waals surface area contributed by atoms with Crippen LogP contribution in [0.15, 0.2) is 17.7 Å². The lowest BCUT2D eigenvalue weighted by molar-refractivity contribution is -0.670. The largest absolute Gasteiger partial charge is 0.573 e. The third-order valence-electron chi connectivity index (χ3n) is 4.75. The zero-order valence-electron chi connectivity index (χ0n) is 21.1. The Morgan fingerprint density at radius 3 is 1.98 bits per heavy atom. The van der Waals surface area contributed by atoms with Gasteiger partial charge in [-0.05, 0) is 44.1 Å². The van der Waals surface area contributed by atoms with E-state index in [1.807, 2.05) is 0 Å². The van der Waals surface area contributed by atoms with Crippen LogP contribution in [0.25, 0.3) is 6.08 Å². The molecule has 2 heterocycles. The van der Waals surface area contributed by atoms with E-state index in [-0.39, 0.29) is 12.5 Å². The van der Waals surface area contributed by atoms with Crippen LogP contribution in [0, 0.1) is 0 Å². The van der Waals surface area contributed by atoms with Gasteiger partial charge in [-0.2, -0.15) is 13.2 Å². The van der Waals surface area contributed by atoms with E-state index in [1.54, 1.807) is 0 Å². The van der Waals surface area contributed by atoms with E-state index in [4.69, 9.17) is 30.4 Å². The molecule has 0 aromatic heterocycles. The van der Waals surface area contributed by atoms with Crippen LogP contribution in [-0.2, 0) is 25.0 Å². The third-order valence-corrected chi connectivity index (χ3v) is 4.75. The van der Waals surface area contributed by atoms with Crippen molar-refractivity contribution in [1.82, 2.24) is 5.32 Å². The number of fused-ring (bicyclic) bond motifs is 1. The fraction of sp³-hybridized carbons (Fsp3) is 0.500. The third kappa shape index (κ3) is 11.5. The summed E-state index contributed by atoms with van der Waals surface area (Å²) in [6, 6.07) is 0.381. The Bertz CT molecular complexity index is 1030. The highest BCUT2D eigenvalue weighted by atomic mass is 19.4. The number of alkyl halides is 6. The van der Waals surface area contributed by atoms with Crippen LogP contribution < -0.4 is 26.6 Å². The van der Waals surface area contributed by atoms with E-state index in [2.05, 4.69) is 36.2 Å². The molecule has 16 nitrogen and oxygen atoms in total. The van der Waals surface area contributed by atoms with Crippen molar-refractivity contribution in [2.24, 2.45) is 5.90 Å². The van der Waals surface area contributed by atoms with Gasteiger partial charge in [0, 0.05) is 5.56 Å². The number of esters is 1. The minimum Gasteiger partial charge on any atom is -0.483 e. The Hall–Kier alpha value is -3.32. The van der Waals surface area contributed by atoms with Crippen molar-refractivity contribution in [2.75, 3.05) is 19.9 Å². The van der Waals surface area contributed by atoms with E-state index in [9.17, 15) is 41.4 Å². The summed E-state index contributed by atoms with van der Waals surface area (Å²) >= 11 is 0. The first-order valence-corrected chi connectivity index (χ1v) is 10.9. The lowest BCUT2D eigenvalue weighted by Gasteiger charge is -2.35. The van der Waals surface area contributed by atoms with E-state index >= 15 is 0 Å². The molecule has 242 valence electrons. The molecule has 1 atom stereocenters. The highest BCUT2D eigenvalue weighted by Crippen LogP contribution is 2.46. The van der Waals surface area contributed by atoms with Gasteiger partial charge in [-0.3, -0.25) is 9.63 Å². The maximum atomic E-state index is 13.5. The van der Waals surface area contributed by atoms with Crippen molar-refractivity contribution in [1.29, 1.82) is 0 Å². The molecule has 1 saturated heterocycles. The molecule has 0 amide bonds. The average molecular weight is 632 g/mol. The maximum absolute atomic E-state index is 13.5. The summed E-state index contributed by atoms with van der Waals surface area (Å²) in [5.74, 6) is -6.32. The van der Waals surface area contributed by atoms with Crippen molar-refractivity contribution in [3.8, 4) is 11.5 Å². The number of nitrogens with two attached hydrogens (primary N) is 1. The van der Waals surface area contributed by atoms with Gasteiger partial charge in [-0.25, -0.2) is 21.8 Å². The number of rotatable bonds is 6. The lowest BCUT2D eigenvalue weighted by Crippen LogP contribution is -2.52. The second-order valence-electron chi connectivity index (χ2n) is 7.66. The Balaban J connectivity index is 0.00000144. The molecule has 2 aliphatic rings. The Labute approximate surface area is 230 Å². The number of benzene rings is 1. The van der Waals surface area contributed by atoms with Gasteiger partial charge in [-0.15, -0.1) is 13.2 Å². The molecule has 0 spiro atoms. The molecular formula is C20H28F6N3O13+. The number of aliphatic hydroxyl groups is 5. The van der Waals surface area contributed by atoms with Gasteiger partial charge in [0.2, 0.25) is 12.9 Å². The number of quaternary nitrogens is 1. The second kappa shape index (κ2) is 16.4. The predicted octanol–water partition coefficient (Wildman–Crippen LogP) is -1.86. The SMILES string of the molecule is C1CCNC1.NOCOC(=O)C1=Cc2cc(OC(F)(F)F)cc(C(O)(O)C(O)(O)O)c2OC1C(F)(F)F.O=CO.[NH3+]O.